The standard InChI is InChI=1S/C16H14FN5/c17-13-4-5-16(22-6-2-1-3-7-22)14(8-13)21-15(11-20)12(9-18)10-19/h4-5,8,21H,1-3,6-7H2. The highest BCUT2D eigenvalue weighted by Gasteiger charge is 2.17. The van der Waals surface area contributed by atoms with Crippen molar-refractivity contribution in [2.24, 2.45) is 0 Å². The highest BCUT2D eigenvalue weighted by molar-refractivity contribution is 5.74. The van der Waals surface area contributed by atoms with E-state index in [1.165, 1.54) is 12.1 Å². The summed E-state index contributed by atoms with van der Waals surface area (Å²) in [4.78, 5) is 2.11. The third-order valence-electron chi connectivity index (χ3n) is 3.50. The molecule has 0 bridgehead atoms. The Morgan fingerprint density at radius 2 is 1.73 bits per heavy atom. The van der Waals surface area contributed by atoms with Gasteiger partial charge in [-0.2, -0.15) is 15.8 Å². The second-order valence-corrected chi connectivity index (χ2v) is 4.92. The van der Waals surface area contributed by atoms with Gasteiger partial charge < -0.3 is 10.2 Å². The van der Waals surface area contributed by atoms with Crippen LogP contribution in [-0.4, -0.2) is 13.1 Å². The van der Waals surface area contributed by atoms with E-state index in [1.54, 1.807) is 24.3 Å². The van der Waals surface area contributed by atoms with E-state index in [2.05, 4.69) is 10.2 Å². The van der Waals surface area contributed by atoms with Crippen molar-refractivity contribution in [3.8, 4) is 18.2 Å². The smallest absolute Gasteiger partial charge is 0.163 e. The van der Waals surface area contributed by atoms with Crippen molar-refractivity contribution < 1.29 is 4.39 Å². The minimum atomic E-state index is -0.448. The minimum absolute atomic E-state index is 0.172. The Morgan fingerprint density at radius 1 is 1.05 bits per heavy atom. The summed E-state index contributed by atoms with van der Waals surface area (Å²) in [6, 6.07) is 9.39. The number of nitriles is 3. The molecule has 2 rings (SSSR count). The summed E-state index contributed by atoms with van der Waals surface area (Å²) in [6.07, 6.45) is 3.27. The van der Waals surface area contributed by atoms with Crippen LogP contribution >= 0.6 is 0 Å². The number of anilines is 2. The molecule has 1 heterocycles. The normalized spacial score (nSPS) is 13.5. The molecule has 1 N–H and O–H groups in total. The third kappa shape index (κ3) is 3.34. The van der Waals surface area contributed by atoms with Crippen molar-refractivity contribution in [1.29, 1.82) is 15.8 Å². The Morgan fingerprint density at radius 3 is 2.32 bits per heavy atom. The second-order valence-electron chi connectivity index (χ2n) is 4.92. The largest absolute Gasteiger partial charge is 0.370 e. The zero-order valence-corrected chi connectivity index (χ0v) is 11.9. The fourth-order valence-electron chi connectivity index (χ4n) is 2.44. The number of piperidine rings is 1. The zero-order valence-electron chi connectivity index (χ0n) is 11.9. The van der Waals surface area contributed by atoms with Crippen LogP contribution in [0, 0.1) is 39.8 Å². The molecule has 22 heavy (non-hydrogen) atoms. The summed E-state index contributed by atoms with van der Waals surface area (Å²) in [5.74, 6) is -0.448. The molecule has 0 unspecified atom stereocenters. The third-order valence-corrected chi connectivity index (χ3v) is 3.50. The monoisotopic (exact) mass is 295 g/mol. The molecule has 0 amide bonds. The van der Waals surface area contributed by atoms with Gasteiger partial charge in [0.25, 0.3) is 0 Å². The van der Waals surface area contributed by atoms with Gasteiger partial charge in [-0.3, -0.25) is 0 Å². The van der Waals surface area contributed by atoms with Crippen LogP contribution in [0.1, 0.15) is 19.3 Å². The SMILES string of the molecule is N#CC(C#N)=C(C#N)Nc1cc(F)ccc1N1CCCCC1. The lowest BCUT2D eigenvalue weighted by Crippen LogP contribution is -2.30. The summed E-state index contributed by atoms with van der Waals surface area (Å²) >= 11 is 0. The molecule has 1 aliphatic heterocycles. The van der Waals surface area contributed by atoms with Gasteiger partial charge in [0, 0.05) is 13.1 Å². The van der Waals surface area contributed by atoms with E-state index in [-0.39, 0.29) is 11.3 Å². The second kappa shape index (κ2) is 7.11. The van der Waals surface area contributed by atoms with Gasteiger partial charge in [-0.15, -0.1) is 0 Å². The Hall–Kier alpha value is -3.04. The van der Waals surface area contributed by atoms with Crippen molar-refractivity contribution in [2.75, 3.05) is 23.3 Å². The minimum Gasteiger partial charge on any atom is -0.370 e. The molecule has 0 radical (unpaired) electrons. The molecule has 0 aromatic heterocycles. The fourth-order valence-corrected chi connectivity index (χ4v) is 2.44. The number of hydrogen-bond acceptors (Lipinski definition) is 5. The molecule has 1 aliphatic rings. The summed E-state index contributed by atoms with van der Waals surface area (Å²) in [5.41, 5.74) is 0.663. The van der Waals surface area contributed by atoms with Gasteiger partial charge in [-0.1, -0.05) is 0 Å². The van der Waals surface area contributed by atoms with Crippen molar-refractivity contribution >= 4 is 11.4 Å². The molecule has 0 saturated carbocycles. The molecule has 1 saturated heterocycles. The van der Waals surface area contributed by atoms with Gasteiger partial charge >= 0.3 is 0 Å². The molecule has 5 nitrogen and oxygen atoms in total. The number of halogens is 1. The van der Waals surface area contributed by atoms with E-state index >= 15 is 0 Å². The maximum atomic E-state index is 13.5. The van der Waals surface area contributed by atoms with Gasteiger partial charge in [-0.05, 0) is 37.5 Å². The highest BCUT2D eigenvalue weighted by Crippen LogP contribution is 2.30. The van der Waals surface area contributed by atoms with Gasteiger partial charge in [0.2, 0.25) is 0 Å². The fraction of sp³-hybridized carbons (Fsp3) is 0.312. The molecule has 1 aromatic carbocycles. The molecule has 0 atom stereocenters. The summed E-state index contributed by atoms with van der Waals surface area (Å²) in [6.45, 7) is 1.71. The Labute approximate surface area is 128 Å². The lowest BCUT2D eigenvalue weighted by atomic mass is 10.1. The number of nitrogens with zero attached hydrogens (tertiary/aromatic N) is 4. The van der Waals surface area contributed by atoms with E-state index < -0.39 is 5.82 Å². The summed E-state index contributed by atoms with van der Waals surface area (Å²) in [5, 5.41) is 29.6. The van der Waals surface area contributed by atoms with Crippen LogP contribution in [0.5, 0.6) is 0 Å². The van der Waals surface area contributed by atoms with E-state index in [0.717, 1.165) is 38.0 Å². The predicted octanol–water partition coefficient (Wildman–Crippen LogP) is 3.05. The molecule has 0 spiro atoms. The maximum Gasteiger partial charge on any atom is 0.163 e. The van der Waals surface area contributed by atoms with Crippen LogP contribution in [0.25, 0.3) is 0 Å². The van der Waals surface area contributed by atoms with Crippen LogP contribution < -0.4 is 10.2 Å². The van der Waals surface area contributed by atoms with Crippen molar-refractivity contribution in [3.05, 3.63) is 35.3 Å². The first-order valence-electron chi connectivity index (χ1n) is 6.95. The van der Waals surface area contributed by atoms with Crippen LogP contribution in [0.2, 0.25) is 0 Å². The Kier molecular flexibility index (Phi) is 4.96. The predicted molar refractivity (Wildman–Crippen MR) is 80.0 cm³/mol. The molecule has 1 aromatic rings. The van der Waals surface area contributed by atoms with Gasteiger partial charge in [0.05, 0.1) is 11.4 Å². The first kappa shape index (κ1) is 15.4. The average molecular weight is 295 g/mol. The van der Waals surface area contributed by atoms with Crippen LogP contribution in [-0.2, 0) is 0 Å². The van der Waals surface area contributed by atoms with Gasteiger partial charge in [-0.25, -0.2) is 4.39 Å². The number of hydrogen-bond donors (Lipinski definition) is 1. The van der Waals surface area contributed by atoms with Gasteiger partial charge in [0.1, 0.15) is 29.7 Å². The van der Waals surface area contributed by atoms with E-state index in [1.807, 2.05) is 0 Å². The van der Waals surface area contributed by atoms with Gasteiger partial charge in [0.15, 0.2) is 5.57 Å². The molecule has 6 heteroatoms. The quantitative estimate of drug-likeness (QED) is 0.866. The first-order valence-corrected chi connectivity index (χ1v) is 6.95. The van der Waals surface area contributed by atoms with Crippen molar-refractivity contribution in [2.45, 2.75) is 19.3 Å². The molecular weight excluding hydrogens is 281 g/mol. The number of allylic oxidation sites excluding steroid dienone is 2. The number of rotatable bonds is 3. The van der Waals surface area contributed by atoms with Crippen molar-refractivity contribution in [3.63, 3.8) is 0 Å². The van der Waals surface area contributed by atoms with Crippen LogP contribution in [0.4, 0.5) is 15.8 Å². The summed E-state index contributed by atoms with van der Waals surface area (Å²) < 4.78 is 13.5. The average Bonchev–Trinajstić information content (AvgIpc) is 2.56. The Bertz CT molecular complexity index is 696. The Balaban J connectivity index is 2.40. The topological polar surface area (TPSA) is 86.6 Å². The van der Waals surface area contributed by atoms with Crippen LogP contribution in [0.15, 0.2) is 29.5 Å². The maximum absolute atomic E-state index is 13.5. The highest BCUT2D eigenvalue weighted by atomic mass is 19.1. The van der Waals surface area contributed by atoms with Crippen LogP contribution in [0.3, 0.4) is 0 Å². The molecule has 0 aliphatic carbocycles. The molecule has 110 valence electrons. The summed E-state index contributed by atoms with van der Waals surface area (Å²) in [7, 11) is 0. The van der Waals surface area contributed by atoms with E-state index in [0.29, 0.717) is 5.69 Å². The first-order chi connectivity index (χ1) is 10.7. The lowest BCUT2D eigenvalue weighted by Gasteiger charge is -2.30. The van der Waals surface area contributed by atoms with E-state index in [4.69, 9.17) is 15.8 Å². The number of nitrogens with one attached hydrogen (secondary N) is 1. The molecular formula is C16H14FN5. The lowest BCUT2D eigenvalue weighted by molar-refractivity contribution is 0.577. The zero-order chi connectivity index (χ0) is 15.9. The molecule has 1 fully saturated rings. The van der Waals surface area contributed by atoms with E-state index in [9.17, 15) is 4.39 Å². The van der Waals surface area contributed by atoms with Crippen molar-refractivity contribution in [1.82, 2.24) is 0 Å². The number of benzene rings is 1.